The molecule has 0 aromatic carbocycles. The molecular formula is C12H24N2O2. The van der Waals surface area contributed by atoms with E-state index in [1.165, 1.54) is 0 Å². The van der Waals surface area contributed by atoms with E-state index in [4.69, 9.17) is 5.73 Å². The van der Waals surface area contributed by atoms with Crippen molar-refractivity contribution >= 4 is 5.91 Å². The molecule has 1 saturated carbocycles. The van der Waals surface area contributed by atoms with E-state index in [9.17, 15) is 9.90 Å². The zero-order valence-corrected chi connectivity index (χ0v) is 10.5. The van der Waals surface area contributed by atoms with Crippen LogP contribution in [-0.2, 0) is 4.79 Å². The number of aliphatic hydroxyl groups is 1. The summed E-state index contributed by atoms with van der Waals surface area (Å²) in [7, 11) is 0. The van der Waals surface area contributed by atoms with Crippen LogP contribution < -0.4 is 11.1 Å². The van der Waals surface area contributed by atoms with Gasteiger partial charge in [0.05, 0.1) is 18.2 Å². The van der Waals surface area contributed by atoms with Crippen molar-refractivity contribution in [3.05, 3.63) is 0 Å². The highest BCUT2D eigenvalue weighted by atomic mass is 16.3. The van der Waals surface area contributed by atoms with E-state index in [1.54, 1.807) is 0 Å². The van der Waals surface area contributed by atoms with Gasteiger partial charge in [0.1, 0.15) is 0 Å². The van der Waals surface area contributed by atoms with Crippen molar-refractivity contribution in [2.24, 2.45) is 11.1 Å². The minimum atomic E-state index is -0.531. The second kappa shape index (κ2) is 4.72. The number of hydrogen-bond donors (Lipinski definition) is 3. The standard InChI is InChI=1S/C12H24N2O2/c1-11(2,3)9(13)10(16)14-12(8-15)6-4-5-7-12/h9,15H,4-8,13H2,1-3H3,(H,14,16)/t9-/m1/s1. The molecule has 0 aliphatic heterocycles. The molecule has 0 saturated heterocycles. The smallest absolute Gasteiger partial charge is 0.237 e. The third-order valence-corrected chi connectivity index (χ3v) is 3.47. The Morgan fingerprint density at radius 3 is 2.31 bits per heavy atom. The molecule has 4 heteroatoms. The number of hydrogen-bond acceptors (Lipinski definition) is 3. The average Bonchev–Trinajstić information content (AvgIpc) is 2.64. The fourth-order valence-electron chi connectivity index (χ4n) is 2.11. The third kappa shape index (κ3) is 2.95. The summed E-state index contributed by atoms with van der Waals surface area (Å²) < 4.78 is 0. The molecule has 1 fully saturated rings. The Balaban J connectivity index is 2.63. The van der Waals surface area contributed by atoms with Crippen molar-refractivity contribution in [3.63, 3.8) is 0 Å². The molecule has 94 valence electrons. The summed E-state index contributed by atoms with van der Waals surface area (Å²) >= 11 is 0. The van der Waals surface area contributed by atoms with Crippen LogP contribution in [0.2, 0.25) is 0 Å². The van der Waals surface area contributed by atoms with Crippen LogP contribution in [0.5, 0.6) is 0 Å². The Morgan fingerprint density at radius 2 is 1.94 bits per heavy atom. The molecule has 0 spiro atoms. The largest absolute Gasteiger partial charge is 0.394 e. The Labute approximate surface area is 97.6 Å². The number of carbonyl (C=O) groups excluding carboxylic acids is 1. The summed E-state index contributed by atoms with van der Waals surface area (Å²) in [6.45, 7) is 5.84. The van der Waals surface area contributed by atoms with Crippen LogP contribution in [-0.4, -0.2) is 29.2 Å². The van der Waals surface area contributed by atoms with Crippen LogP contribution in [0.4, 0.5) is 0 Å². The molecule has 0 aromatic rings. The normalized spacial score (nSPS) is 21.8. The monoisotopic (exact) mass is 228 g/mol. The molecule has 16 heavy (non-hydrogen) atoms. The molecule has 0 bridgehead atoms. The predicted octanol–water partition coefficient (Wildman–Crippen LogP) is 0.781. The average molecular weight is 228 g/mol. The van der Waals surface area contributed by atoms with Crippen molar-refractivity contribution in [1.29, 1.82) is 0 Å². The summed E-state index contributed by atoms with van der Waals surface area (Å²) in [5.74, 6) is -0.150. The number of carbonyl (C=O) groups is 1. The minimum Gasteiger partial charge on any atom is -0.394 e. The van der Waals surface area contributed by atoms with Crippen molar-refractivity contribution in [2.75, 3.05) is 6.61 Å². The first-order valence-corrected chi connectivity index (χ1v) is 5.99. The van der Waals surface area contributed by atoms with Crippen molar-refractivity contribution in [2.45, 2.75) is 58.0 Å². The highest BCUT2D eigenvalue weighted by Crippen LogP contribution is 2.29. The van der Waals surface area contributed by atoms with Crippen LogP contribution in [0.25, 0.3) is 0 Å². The summed E-state index contributed by atoms with van der Waals surface area (Å²) in [6, 6.07) is -0.531. The van der Waals surface area contributed by atoms with Gasteiger partial charge >= 0.3 is 0 Å². The van der Waals surface area contributed by atoms with Gasteiger partial charge in [-0.1, -0.05) is 33.6 Å². The van der Waals surface area contributed by atoms with Gasteiger partial charge in [-0.2, -0.15) is 0 Å². The maximum absolute atomic E-state index is 12.0. The zero-order chi connectivity index (χ0) is 12.4. The molecule has 1 amide bonds. The SMILES string of the molecule is CC(C)(C)[C@H](N)C(=O)NC1(CO)CCCC1. The van der Waals surface area contributed by atoms with Crippen LogP contribution in [0, 0.1) is 5.41 Å². The fraction of sp³-hybridized carbons (Fsp3) is 0.917. The molecule has 1 aliphatic carbocycles. The quantitative estimate of drug-likeness (QED) is 0.668. The Hall–Kier alpha value is -0.610. The lowest BCUT2D eigenvalue weighted by atomic mass is 9.86. The van der Waals surface area contributed by atoms with Gasteiger partial charge < -0.3 is 16.2 Å². The first kappa shape index (κ1) is 13.5. The predicted molar refractivity (Wildman–Crippen MR) is 63.9 cm³/mol. The van der Waals surface area contributed by atoms with Crippen molar-refractivity contribution in [1.82, 2.24) is 5.32 Å². The third-order valence-electron chi connectivity index (χ3n) is 3.47. The van der Waals surface area contributed by atoms with E-state index >= 15 is 0 Å². The second-order valence-corrected chi connectivity index (χ2v) is 5.98. The lowest BCUT2D eigenvalue weighted by molar-refractivity contribution is -0.127. The van der Waals surface area contributed by atoms with E-state index in [0.717, 1.165) is 25.7 Å². The first-order valence-electron chi connectivity index (χ1n) is 5.99. The van der Waals surface area contributed by atoms with Gasteiger partial charge in [0, 0.05) is 0 Å². The van der Waals surface area contributed by atoms with E-state index in [0.29, 0.717) is 0 Å². The number of amides is 1. The number of rotatable bonds is 3. The Bertz CT molecular complexity index is 252. The summed E-state index contributed by atoms with van der Waals surface area (Å²) in [5.41, 5.74) is 5.22. The molecule has 1 rings (SSSR count). The Kier molecular flexibility index (Phi) is 3.97. The van der Waals surface area contributed by atoms with E-state index in [2.05, 4.69) is 5.32 Å². The highest BCUT2D eigenvalue weighted by Gasteiger charge is 2.37. The van der Waals surface area contributed by atoms with Gasteiger partial charge in [-0.3, -0.25) is 4.79 Å². The number of nitrogens with two attached hydrogens (primary N) is 1. The molecular weight excluding hydrogens is 204 g/mol. The molecule has 4 N–H and O–H groups in total. The van der Waals surface area contributed by atoms with Crippen LogP contribution in [0.15, 0.2) is 0 Å². The first-order chi connectivity index (χ1) is 7.31. The van der Waals surface area contributed by atoms with Gasteiger partial charge in [-0.05, 0) is 18.3 Å². The lowest BCUT2D eigenvalue weighted by Crippen LogP contribution is -2.57. The van der Waals surface area contributed by atoms with E-state index in [1.807, 2.05) is 20.8 Å². The van der Waals surface area contributed by atoms with Crippen LogP contribution in [0.3, 0.4) is 0 Å². The molecule has 0 aromatic heterocycles. The molecule has 1 atom stereocenters. The highest BCUT2D eigenvalue weighted by molar-refractivity contribution is 5.83. The van der Waals surface area contributed by atoms with Gasteiger partial charge in [0.2, 0.25) is 5.91 Å². The summed E-state index contributed by atoms with van der Waals surface area (Å²) in [4.78, 5) is 12.0. The minimum absolute atomic E-state index is 0.00953. The maximum Gasteiger partial charge on any atom is 0.237 e. The summed E-state index contributed by atoms with van der Waals surface area (Å²) in [6.07, 6.45) is 3.83. The van der Waals surface area contributed by atoms with Crippen molar-refractivity contribution < 1.29 is 9.90 Å². The van der Waals surface area contributed by atoms with E-state index < -0.39 is 11.6 Å². The lowest BCUT2D eigenvalue weighted by Gasteiger charge is -2.33. The van der Waals surface area contributed by atoms with Crippen LogP contribution in [0.1, 0.15) is 46.5 Å². The van der Waals surface area contributed by atoms with Crippen molar-refractivity contribution in [3.8, 4) is 0 Å². The molecule has 4 nitrogen and oxygen atoms in total. The van der Waals surface area contributed by atoms with Crippen LogP contribution >= 0.6 is 0 Å². The fourth-order valence-corrected chi connectivity index (χ4v) is 2.11. The molecule has 0 heterocycles. The molecule has 1 aliphatic rings. The number of aliphatic hydroxyl groups excluding tert-OH is 1. The number of nitrogens with one attached hydrogen (secondary N) is 1. The zero-order valence-electron chi connectivity index (χ0n) is 10.5. The van der Waals surface area contributed by atoms with Gasteiger partial charge in [0.25, 0.3) is 0 Å². The second-order valence-electron chi connectivity index (χ2n) is 5.98. The molecule has 0 unspecified atom stereocenters. The van der Waals surface area contributed by atoms with E-state index in [-0.39, 0.29) is 17.9 Å². The Morgan fingerprint density at radius 1 is 1.44 bits per heavy atom. The maximum atomic E-state index is 12.0. The van der Waals surface area contributed by atoms with Gasteiger partial charge in [-0.25, -0.2) is 0 Å². The molecule has 0 radical (unpaired) electrons. The summed E-state index contributed by atoms with van der Waals surface area (Å²) in [5, 5.41) is 12.3. The van der Waals surface area contributed by atoms with Gasteiger partial charge in [-0.15, -0.1) is 0 Å². The topological polar surface area (TPSA) is 75.4 Å². The van der Waals surface area contributed by atoms with Gasteiger partial charge in [0.15, 0.2) is 0 Å².